The van der Waals surface area contributed by atoms with Crippen molar-refractivity contribution in [2.45, 2.75) is 31.7 Å². The van der Waals surface area contributed by atoms with Crippen molar-refractivity contribution in [3.05, 3.63) is 23.7 Å². The lowest BCUT2D eigenvalue weighted by molar-refractivity contribution is 0.233. The van der Waals surface area contributed by atoms with Gasteiger partial charge in [0.05, 0.1) is 12.8 Å². The lowest BCUT2D eigenvalue weighted by atomic mass is 10.2. The maximum Gasteiger partial charge on any atom is 0.118 e. The van der Waals surface area contributed by atoms with Crippen LogP contribution in [0.2, 0.25) is 0 Å². The Morgan fingerprint density at radius 2 is 2.35 bits per heavy atom. The van der Waals surface area contributed by atoms with Crippen LogP contribution >= 0.6 is 11.8 Å². The van der Waals surface area contributed by atoms with Gasteiger partial charge in [-0.15, -0.1) is 0 Å². The topological polar surface area (TPSA) is 28.4 Å². The van der Waals surface area contributed by atoms with Crippen LogP contribution in [0.3, 0.4) is 0 Å². The molecule has 0 bridgehead atoms. The fourth-order valence-electron chi connectivity index (χ4n) is 2.28. The maximum atomic E-state index is 5.60. The first-order valence-corrected chi connectivity index (χ1v) is 7.15. The van der Waals surface area contributed by atoms with Gasteiger partial charge in [-0.1, -0.05) is 0 Å². The van der Waals surface area contributed by atoms with Crippen molar-refractivity contribution in [2.24, 2.45) is 0 Å². The van der Waals surface area contributed by atoms with Gasteiger partial charge in [0.2, 0.25) is 0 Å². The monoisotopic (exact) mass is 254 g/mol. The normalized spacial score (nSPS) is 20.6. The van der Waals surface area contributed by atoms with Crippen LogP contribution in [-0.2, 0) is 13.1 Å². The van der Waals surface area contributed by atoms with Gasteiger partial charge in [-0.25, -0.2) is 0 Å². The number of furan rings is 1. The summed E-state index contributed by atoms with van der Waals surface area (Å²) in [6.45, 7) is 8.76. The zero-order valence-corrected chi connectivity index (χ0v) is 11.8. The number of nitrogens with zero attached hydrogens (tertiary/aromatic N) is 1. The molecule has 0 unspecified atom stereocenters. The van der Waals surface area contributed by atoms with Gasteiger partial charge in [0.1, 0.15) is 5.76 Å². The van der Waals surface area contributed by atoms with E-state index in [1.54, 1.807) is 0 Å². The predicted molar refractivity (Wildman–Crippen MR) is 73.3 cm³/mol. The molecule has 1 aliphatic rings. The highest BCUT2D eigenvalue weighted by Crippen LogP contribution is 2.30. The fraction of sp³-hybridized carbons (Fsp3) is 0.692. The zero-order valence-electron chi connectivity index (χ0n) is 11.0. The molecule has 1 aliphatic heterocycles. The van der Waals surface area contributed by atoms with E-state index in [4.69, 9.17) is 4.42 Å². The smallest absolute Gasteiger partial charge is 0.118 e. The van der Waals surface area contributed by atoms with E-state index in [-0.39, 0.29) is 0 Å². The minimum atomic E-state index is 0.374. The van der Waals surface area contributed by atoms with Crippen LogP contribution < -0.4 is 5.32 Å². The number of nitrogens with one attached hydrogen (secondary N) is 1. The molecule has 1 saturated heterocycles. The van der Waals surface area contributed by atoms with Gasteiger partial charge in [-0.05, 0) is 27.0 Å². The molecule has 96 valence electrons. The highest BCUT2D eigenvalue weighted by Gasteiger charge is 2.27. The van der Waals surface area contributed by atoms with Crippen LogP contribution in [0.1, 0.15) is 25.2 Å². The molecule has 0 saturated carbocycles. The molecule has 1 N–H and O–H groups in total. The van der Waals surface area contributed by atoms with Crippen LogP contribution in [0.4, 0.5) is 0 Å². The first-order chi connectivity index (χ1) is 8.09. The minimum absolute atomic E-state index is 0.374. The summed E-state index contributed by atoms with van der Waals surface area (Å²) in [5, 5.41) is 3.14. The summed E-state index contributed by atoms with van der Waals surface area (Å²) in [6, 6.07) is 2.16. The Hall–Kier alpha value is -0.450. The average Bonchev–Trinajstić information content (AvgIpc) is 2.64. The first kappa shape index (κ1) is 13.0. The van der Waals surface area contributed by atoms with Crippen molar-refractivity contribution in [1.29, 1.82) is 0 Å². The molecule has 0 spiro atoms. The lowest BCUT2D eigenvalue weighted by Gasteiger charge is -2.37. The summed E-state index contributed by atoms with van der Waals surface area (Å²) in [6.07, 6.45) is 1.86. The number of rotatable bonds is 4. The highest BCUT2D eigenvalue weighted by atomic mass is 32.2. The summed E-state index contributed by atoms with van der Waals surface area (Å²) in [7, 11) is 1.96. The van der Waals surface area contributed by atoms with E-state index in [0.717, 1.165) is 31.9 Å². The van der Waals surface area contributed by atoms with Crippen LogP contribution in [0.25, 0.3) is 0 Å². The summed E-state index contributed by atoms with van der Waals surface area (Å²) in [5.74, 6) is 2.30. The molecule has 1 aromatic rings. The molecule has 0 amide bonds. The van der Waals surface area contributed by atoms with E-state index in [9.17, 15) is 0 Å². The highest BCUT2D eigenvalue weighted by molar-refractivity contribution is 8.00. The number of hydrogen-bond acceptors (Lipinski definition) is 4. The van der Waals surface area contributed by atoms with Gasteiger partial charge in [-0.2, -0.15) is 11.8 Å². The fourth-order valence-corrected chi connectivity index (χ4v) is 3.45. The molecule has 0 atom stereocenters. The largest absolute Gasteiger partial charge is 0.468 e. The number of hydrogen-bond donors (Lipinski definition) is 1. The summed E-state index contributed by atoms with van der Waals surface area (Å²) in [5.41, 5.74) is 1.23. The van der Waals surface area contributed by atoms with Gasteiger partial charge >= 0.3 is 0 Å². The van der Waals surface area contributed by atoms with Crippen molar-refractivity contribution in [2.75, 3.05) is 25.9 Å². The summed E-state index contributed by atoms with van der Waals surface area (Å²) < 4.78 is 5.97. The molecule has 2 heterocycles. The minimum Gasteiger partial charge on any atom is -0.468 e. The molecule has 0 aromatic carbocycles. The van der Waals surface area contributed by atoms with Crippen molar-refractivity contribution >= 4 is 11.8 Å². The second kappa shape index (κ2) is 5.46. The Balaban J connectivity index is 1.91. The predicted octanol–water partition coefficient (Wildman–Crippen LogP) is 2.33. The van der Waals surface area contributed by atoms with Gasteiger partial charge in [0, 0.05) is 35.7 Å². The van der Waals surface area contributed by atoms with E-state index in [0.29, 0.717) is 4.75 Å². The van der Waals surface area contributed by atoms with E-state index in [1.807, 2.05) is 13.3 Å². The second-order valence-corrected chi connectivity index (χ2v) is 7.07. The van der Waals surface area contributed by atoms with Crippen LogP contribution in [0, 0.1) is 0 Å². The Morgan fingerprint density at radius 1 is 1.53 bits per heavy atom. The third-order valence-electron chi connectivity index (χ3n) is 2.97. The molecule has 2 rings (SSSR count). The molecule has 4 heteroatoms. The van der Waals surface area contributed by atoms with Gasteiger partial charge in [0.25, 0.3) is 0 Å². The third kappa shape index (κ3) is 3.76. The number of thioether (sulfide) groups is 1. The van der Waals surface area contributed by atoms with Crippen molar-refractivity contribution in [3.8, 4) is 0 Å². The molecule has 0 aliphatic carbocycles. The standard InChI is InChI=1S/C13H22N2OS/c1-13(2)10-15(4-5-17-13)8-12-6-11(7-14-3)9-16-12/h6,9,14H,4-5,7-8,10H2,1-3H3. The Labute approximate surface area is 108 Å². The summed E-state index contributed by atoms with van der Waals surface area (Å²) >= 11 is 2.07. The summed E-state index contributed by atoms with van der Waals surface area (Å²) in [4.78, 5) is 2.48. The molecular formula is C13H22N2OS. The average molecular weight is 254 g/mol. The van der Waals surface area contributed by atoms with E-state index < -0.39 is 0 Å². The quantitative estimate of drug-likeness (QED) is 0.892. The lowest BCUT2D eigenvalue weighted by Crippen LogP contribution is -2.42. The molecular weight excluding hydrogens is 232 g/mol. The van der Waals surface area contributed by atoms with Crippen molar-refractivity contribution in [3.63, 3.8) is 0 Å². The van der Waals surface area contributed by atoms with Crippen LogP contribution in [0.15, 0.2) is 16.7 Å². The molecule has 0 radical (unpaired) electrons. The first-order valence-electron chi connectivity index (χ1n) is 6.16. The van der Waals surface area contributed by atoms with E-state index >= 15 is 0 Å². The van der Waals surface area contributed by atoms with E-state index in [2.05, 4.69) is 41.9 Å². The molecule has 3 nitrogen and oxygen atoms in total. The van der Waals surface area contributed by atoms with E-state index in [1.165, 1.54) is 11.3 Å². The Bertz CT molecular complexity index is 362. The van der Waals surface area contributed by atoms with Crippen molar-refractivity contribution < 1.29 is 4.42 Å². The van der Waals surface area contributed by atoms with Gasteiger partial charge in [0.15, 0.2) is 0 Å². The van der Waals surface area contributed by atoms with Gasteiger partial charge < -0.3 is 9.73 Å². The van der Waals surface area contributed by atoms with Crippen LogP contribution in [0.5, 0.6) is 0 Å². The Morgan fingerprint density at radius 3 is 3.06 bits per heavy atom. The molecule has 17 heavy (non-hydrogen) atoms. The molecule has 1 aromatic heterocycles. The second-order valence-electron chi connectivity index (χ2n) is 5.27. The van der Waals surface area contributed by atoms with Gasteiger partial charge in [-0.3, -0.25) is 4.90 Å². The third-order valence-corrected chi connectivity index (χ3v) is 4.27. The zero-order chi connectivity index (χ0) is 12.3. The van der Waals surface area contributed by atoms with Crippen LogP contribution in [-0.4, -0.2) is 35.5 Å². The Kier molecular flexibility index (Phi) is 4.17. The SMILES string of the molecule is CNCc1coc(CN2CCSC(C)(C)C2)c1. The van der Waals surface area contributed by atoms with Crippen molar-refractivity contribution in [1.82, 2.24) is 10.2 Å². The molecule has 1 fully saturated rings. The maximum absolute atomic E-state index is 5.60.